The van der Waals surface area contributed by atoms with Crippen LogP contribution in [0.15, 0.2) is 48.5 Å². The molecule has 0 aromatic heterocycles. The molecule has 110 valence electrons. The first-order valence-electron chi connectivity index (χ1n) is 7.05. The zero-order valence-corrected chi connectivity index (χ0v) is 12.8. The summed E-state index contributed by atoms with van der Waals surface area (Å²) in [6, 6.07) is 15.4. The topological polar surface area (TPSA) is 41.1 Å². The average molecular weight is 303 g/mol. The second-order valence-electron chi connectivity index (χ2n) is 4.79. The van der Waals surface area contributed by atoms with Gasteiger partial charge in [-0.15, -0.1) is 0 Å². The summed E-state index contributed by atoms with van der Waals surface area (Å²) in [4.78, 5) is 11.8. The van der Waals surface area contributed by atoms with Crippen molar-refractivity contribution in [3.63, 3.8) is 0 Å². The molecule has 2 rings (SSSR count). The van der Waals surface area contributed by atoms with Crippen LogP contribution < -0.4 is 10.6 Å². The Bertz CT molecular complexity index is 596. The lowest BCUT2D eigenvalue weighted by atomic mass is 10.1. The van der Waals surface area contributed by atoms with Crippen LogP contribution in [0.5, 0.6) is 0 Å². The molecule has 2 aromatic carbocycles. The standard InChI is InChI=1S/C17H19ClN2O/c1-2-13-6-8-15(9-7-13)19-11-10-17(21)20-16-5-3-4-14(18)12-16/h3-9,12,19H,2,10-11H2,1H3,(H,20,21). The summed E-state index contributed by atoms with van der Waals surface area (Å²) < 4.78 is 0. The minimum absolute atomic E-state index is 0.0325. The van der Waals surface area contributed by atoms with Crippen LogP contribution in [0.1, 0.15) is 18.9 Å². The summed E-state index contributed by atoms with van der Waals surface area (Å²) >= 11 is 5.87. The van der Waals surface area contributed by atoms with Crippen LogP contribution >= 0.6 is 11.6 Å². The average Bonchev–Trinajstić information content (AvgIpc) is 2.48. The number of anilines is 2. The van der Waals surface area contributed by atoms with Crippen LogP contribution in [0.2, 0.25) is 5.02 Å². The predicted molar refractivity (Wildman–Crippen MR) is 89.0 cm³/mol. The van der Waals surface area contributed by atoms with Gasteiger partial charge in [0.15, 0.2) is 0 Å². The van der Waals surface area contributed by atoms with E-state index in [1.165, 1.54) is 5.56 Å². The number of hydrogen-bond acceptors (Lipinski definition) is 2. The Morgan fingerprint density at radius 2 is 1.86 bits per heavy atom. The predicted octanol–water partition coefficient (Wildman–Crippen LogP) is 4.34. The van der Waals surface area contributed by atoms with E-state index < -0.39 is 0 Å². The van der Waals surface area contributed by atoms with Crippen LogP contribution in [0.4, 0.5) is 11.4 Å². The quantitative estimate of drug-likeness (QED) is 0.833. The molecule has 0 saturated heterocycles. The zero-order chi connectivity index (χ0) is 15.1. The van der Waals surface area contributed by atoms with Crippen LogP contribution in [0.3, 0.4) is 0 Å². The second-order valence-corrected chi connectivity index (χ2v) is 5.22. The lowest BCUT2D eigenvalue weighted by Gasteiger charge is -2.08. The Kier molecular flexibility index (Phi) is 5.64. The smallest absolute Gasteiger partial charge is 0.226 e. The number of amides is 1. The Hall–Kier alpha value is -2.00. The molecule has 4 heteroatoms. The van der Waals surface area contributed by atoms with Crippen molar-refractivity contribution in [1.82, 2.24) is 0 Å². The van der Waals surface area contributed by atoms with Crippen molar-refractivity contribution in [2.24, 2.45) is 0 Å². The SMILES string of the molecule is CCc1ccc(NCCC(=O)Nc2cccc(Cl)c2)cc1. The van der Waals surface area contributed by atoms with Gasteiger partial charge in [-0.1, -0.05) is 36.7 Å². The first-order chi connectivity index (χ1) is 10.2. The van der Waals surface area contributed by atoms with E-state index in [1.54, 1.807) is 12.1 Å². The molecule has 0 heterocycles. The molecule has 3 nitrogen and oxygen atoms in total. The molecule has 0 radical (unpaired) electrons. The summed E-state index contributed by atoms with van der Waals surface area (Å²) in [5, 5.41) is 6.67. The number of aryl methyl sites for hydroxylation is 1. The van der Waals surface area contributed by atoms with E-state index in [1.807, 2.05) is 24.3 Å². The van der Waals surface area contributed by atoms with Gasteiger partial charge in [0.25, 0.3) is 0 Å². The number of nitrogens with one attached hydrogen (secondary N) is 2. The van der Waals surface area contributed by atoms with Gasteiger partial charge in [-0.3, -0.25) is 4.79 Å². The summed E-state index contributed by atoms with van der Waals surface area (Å²) in [7, 11) is 0. The van der Waals surface area contributed by atoms with Crippen LogP contribution in [0, 0.1) is 0 Å². The first kappa shape index (κ1) is 15.4. The number of rotatable bonds is 6. The first-order valence-corrected chi connectivity index (χ1v) is 7.43. The van der Waals surface area contributed by atoms with Gasteiger partial charge in [-0.25, -0.2) is 0 Å². The summed E-state index contributed by atoms with van der Waals surface area (Å²) in [6.45, 7) is 2.72. The molecular weight excluding hydrogens is 284 g/mol. The highest BCUT2D eigenvalue weighted by atomic mass is 35.5. The fourth-order valence-corrected chi connectivity index (χ4v) is 2.16. The fraction of sp³-hybridized carbons (Fsp3) is 0.235. The second kappa shape index (κ2) is 7.70. The van der Waals surface area contributed by atoms with E-state index in [0.29, 0.717) is 18.0 Å². The Morgan fingerprint density at radius 1 is 1.10 bits per heavy atom. The molecule has 0 spiro atoms. The monoisotopic (exact) mass is 302 g/mol. The van der Waals surface area contributed by atoms with Gasteiger partial charge in [0.1, 0.15) is 0 Å². The van der Waals surface area contributed by atoms with Gasteiger partial charge in [0.2, 0.25) is 5.91 Å². The van der Waals surface area contributed by atoms with Gasteiger partial charge in [-0.2, -0.15) is 0 Å². The number of carbonyl (C=O) groups excluding carboxylic acids is 1. The number of carbonyl (C=O) groups is 1. The third-order valence-corrected chi connectivity index (χ3v) is 3.39. The molecule has 1 amide bonds. The molecule has 0 aliphatic carbocycles. The summed E-state index contributed by atoms with van der Waals surface area (Å²) in [6.07, 6.45) is 1.43. The Morgan fingerprint density at radius 3 is 2.52 bits per heavy atom. The summed E-state index contributed by atoms with van der Waals surface area (Å²) in [5.74, 6) is -0.0325. The van der Waals surface area contributed by atoms with Crippen LogP contribution in [-0.4, -0.2) is 12.5 Å². The van der Waals surface area contributed by atoms with E-state index >= 15 is 0 Å². The minimum atomic E-state index is -0.0325. The molecule has 0 atom stereocenters. The van der Waals surface area contributed by atoms with E-state index in [2.05, 4.69) is 29.7 Å². The lowest BCUT2D eigenvalue weighted by molar-refractivity contribution is -0.115. The Labute approximate surface area is 130 Å². The van der Waals surface area contributed by atoms with Crippen molar-refractivity contribution in [3.05, 3.63) is 59.1 Å². The van der Waals surface area contributed by atoms with Gasteiger partial charge >= 0.3 is 0 Å². The molecular formula is C17H19ClN2O. The molecule has 0 aliphatic rings. The highest BCUT2D eigenvalue weighted by Gasteiger charge is 2.02. The fourth-order valence-electron chi connectivity index (χ4n) is 1.97. The number of benzene rings is 2. The van der Waals surface area contributed by atoms with Crippen molar-refractivity contribution in [2.75, 3.05) is 17.2 Å². The normalized spacial score (nSPS) is 10.2. The van der Waals surface area contributed by atoms with Gasteiger partial charge in [-0.05, 0) is 42.3 Å². The highest BCUT2D eigenvalue weighted by Crippen LogP contribution is 2.15. The third kappa shape index (κ3) is 5.12. The van der Waals surface area contributed by atoms with Gasteiger partial charge in [0.05, 0.1) is 0 Å². The molecule has 0 saturated carbocycles. The molecule has 2 aromatic rings. The van der Waals surface area contributed by atoms with E-state index in [-0.39, 0.29) is 5.91 Å². The van der Waals surface area contributed by atoms with Crippen molar-refractivity contribution >= 4 is 28.9 Å². The van der Waals surface area contributed by atoms with Gasteiger partial charge < -0.3 is 10.6 Å². The molecule has 21 heavy (non-hydrogen) atoms. The minimum Gasteiger partial charge on any atom is -0.385 e. The summed E-state index contributed by atoms with van der Waals surface area (Å²) in [5.41, 5.74) is 3.06. The van der Waals surface area contributed by atoms with E-state index in [9.17, 15) is 4.79 Å². The number of hydrogen-bond donors (Lipinski definition) is 2. The third-order valence-electron chi connectivity index (χ3n) is 3.15. The molecule has 2 N–H and O–H groups in total. The van der Waals surface area contributed by atoms with E-state index in [4.69, 9.17) is 11.6 Å². The zero-order valence-electron chi connectivity index (χ0n) is 12.0. The van der Waals surface area contributed by atoms with Gasteiger partial charge in [0, 0.05) is 29.4 Å². The van der Waals surface area contributed by atoms with E-state index in [0.717, 1.165) is 17.8 Å². The maximum atomic E-state index is 11.8. The molecule has 0 bridgehead atoms. The highest BCUT2D eigenvalue weighted by molar-refractivity contribution is 6.30. The largest absolute Gasteiger partial charge is 0.385 e. The van der Waals surface area contributed by atoms with Crippen LogP contribution in [-0.2, 0) is 11.2 Å². The van der Waals surface area contributed by atoms with Crippen molar-refractivity contribution in [1.29, 1.82) is 0 Å². The number of halogens is 1. The van der Waals surface area contributed by atoms with Crippen molar-refractivity contribution < 1.29 is 4.79 Å². The maximum absolute atomic E-state index is 11.8. The lowest BCUT2D eigenvalue weighted by Crippen LogP contribution is -2.16. The molecule has 0 unspecified atom stereocenters. The molecule has 0 aliphatic heterocycles. The molecule has 0 fully saturated rings. The van der Waals surface area contributed by atoms with Crippen molar-refractivity contribution in [3.8, 4) is 0 Å². The van der Waals surface area contributed by atoms with Crippen molar-refractivity contribution in [2.45, 2.75) is 19.8 Å². The van der Waals surface area contributed by atoms with Crippen LogP contribution in [0.25, 0.3) is 0 Å². The Balaban J connectivity index is 1.76. The maximum Gasteiger partial charge on any atom is 0.226 e.